The van der Waals surface area contributed by atoms with Crippen LogP contribution in [0.5, 0.6) is 0 Å². The van der Waals surface area contributed by atoms with Crippen molar-refractivity contribution in [2.75, 3.05) is 26.2 Å². The molecule has 1 N–H and O–H groups in total. The molecule has 0 radical (unpaired) electrons. The summed E-state index contributed by atoms with van der Waals surface area (Å²) in [5, 5.41) is 4.34. The first-order valence-electron chi connectivity index (χ1n) is 8.02. The Hall–Kier alpha value is -1.35. The van der Waals surface area contributed by atoms with Gasteiger partial charge < -0.3 is 5.32 Å². The van der Waals surface area contributed by atoms with Crippen LogP contribution in [-0.4, -0.2) is 31.1 Å². The zero-order chi connectivity index (χ0) is 15.4. The van der Waals surface area contributed by atoms with E-state index >= 15 is 0 Å². The van der Waals surface area contributed by atoms with E-state index in [9.17, 15) is 0 Å². The molecular weight excluding hydrogens is 292 g/mol. The maximum Gasteiger partial charge on any atom is 0.0619 e. The average Bonchev–Trinajstić information content (AvgIpc) is 2.80. The fraction of sp³-hybridized carbons (Fsp3) is 0.368. The molecule has 0 aromatic heterocycles. The molecule has 0 spiro atoms. The summed E-state index contributed by atoms with van der Waals surface area (Å²) in [7, 11) is 0. The summed E-state index contributed by atoms with van der Waals surface area (Å²) in [6.07, 6.45) is 1.17. The molecular formula is C19H23ClN2. The Bertz CT molecular complexity index is 573. The largest absolute Gasteiger partial charge is 0.315 e. The summed E-state index contributed by atoms with van der Waals surface area (Å²) in [4.78, 5) is 2.56. The van der Waals surface area contributed by atoms with Crippen molar-refractivity contribution in [3.05, 3.63) is 70.2 Å². The van der Waals surface area contributed by atoms with Gasteiger partial charge in [-0.1, -0.05) is 54.1 Å². The molecule has 1 heterocycles. The minimum absolute atomic E-state index is 0.231. The summed E-state index contributed by atoms with van der Waals surface area (Å²) in [6, 6.07) is 17.1. The van der Waals surface area contributed by atoms with Crippen LogP contribution in [0.1, 0.15) is 29.2 Å². The Labute approximate surface area is 138 Å². The quantitative estimate of drug-likeness (QED) is 0.920. The van der Waals surface area contributed by atoms with Crippen LogP contribution in [0, 0.1) is 6.92 Å². The van der Waals surface area contributed by atoms with Gasteiger partial charge in [-0.25, -0.2) is 0 Å². The standard InChI is InChI=1S/C19H23ClN2/c1-15-7-2-3-8-16(15)19(17-9-4-5-10-18(17)20)22-13-6-11-21-12-14-22/h2-5,7-10,19,21H,6,11-14H2,1H3. The second-order valence-electron chi connectivity index (χ2n) is 5.92. The fourth-order valence-corrected chi connectivity index (χ4v) is 3.52. The smallest absolute Gasteiger partial charge is 0.0619 e. The lowest BCUT2D eigenvalue weighted by molar-refractivity contribution is 0.240. The second kappa shape index (κ2) is 7.28. The zero-order valence-electron chi connectivity index (χ0n) is 13.1. The Morgan fingerprint density at radius 2 is 1.68 bits per heavy atom. The molecule has 0 aliphatic carbocycles. The molecule has 1 aliphatic rings. The van der Waals surface area contributed by atoms with Gasteiger partial charge in [0.2, 0.25) is 0 Å². The predicted molar refractivity (Wildman–Crippen MR) is 93.5 cm³/mol. The molecule has 3 heteroatoms. The van der Waals surface area contributed by atoms with Crippen molar-refractivity contribution >= 4 is 11.6 Å². The van der Waals surface area contributed by atoms with Crippen LogP contribution in [0.2, 0.25) is 5.02 Å². The van der Waals surface area contributed by atoms with E-state index in [4.69, 9.17) is 11.6 Å². The van der Waals surface area contributed by atoms with Crippen LogP contribution >= 0.6 is 11.6 Å². The maximum atomic E-state index is 6.54. The van der Waals surface area contributed by atoms with E-state index in [2.05, 4.69) is 53.5 Å². The van der Waals surface area contributed by atoms with Crippen LogP contribution in [0.3, 0.4) is 0 Å². The molecule has 1 atom stereocenters. The lowest BCUT2D eigenvalue weighted by Gasteiger charge is -2.32. The van der Waals surface area contributed by atoms with Crippen molar-refractivity contribution in [1.29, 1.82) is 0 Å². The van der Waals surface area contributed by atoms with Crippen molar-refractivity contribution in [3.63, 3.8) is 0 Å². The number of rotatable bonds is 3. The van der Waals surface area contributed by atoms with E-state index in [0.717, 1.165) is 31.2 Å². The van der Waals surface area contributed by atoms with Crippen LogP contribution in [0.4, 0.5) is 0 Å². The van der Waals surface area contributed by atoms with Crippen LogP contribution in [0.25, 0.3) is 0 Å². The first-order chi connectivity index (χ1) is 10.8. The topological polar surface area (TPSA) is 15.3 Å². The summed E-state index contributed by atoms with van der Waals surface area (Å²) in [6.45, 7) is 6.46. The van der Waals surface area contributed by atoms with Crippen LogP contribution in [0.15, 0.2) is 48.5 Å². The molecule has 1 fully saturated rings. The zero-order valence-corrected chi connectivity index (χ0v) is 13.8. The first kappa shape index (κ1) is 15.5. The lowest BCUT2D eigenvalue weighted by atomic mass is 9.93. The highest BCUT2D eigenvalue weighted by atomic mass is 35.5. The Morgan fingerprint density at radius 1 is 0.955 bits per heavy atom. The number of nitrogens with one attached hydrogen (secondary N) is 1. The maximum absolute atomic E-state index is 6.54. The van der Waals surface area contributed by atoms with Gasteiger partial charge in [-0.15, -0.1) is 0 Å². The number of nitrogens with zero attached hydrogens (tertiary/aromatic N) is 1. The van der Waals surface area contributed by atoms with Gasteiger partial charge in [0.25, 0.3) is 0 Å². The molecule has 2 aromatic carbocycles. The van der Waals surface area contributed by atoms with Gasteiger partial charge in [-0.05, 0) is 42.6 Å². The molecule has 3 rings (SSSR count). The average molecular weight is 315 g/mol. The van der Waals surface area contributed by atoms with E-state index in [1.807, 2.05) is 12.1 Å². The third kappa shape index (κ3) is 3.35. The molecule has 2 aromatic rings. The number of aryl methyl sites for hydroxylation is 1. The van der Waals surface area contributed by atoms with E-state index < -0.39 is 0 Å². The molecule has 1 saturated heterocycles. The van der Waals surface area contributed by atoms with Crippen molar-refractivity contribution < 1.29 is 0 Å². The van der Waals surface area contributed by atoms with E-state index in [-0.39, 0.29) is 6.04 Å². The van der Waals surface area contributed by atoms with Gasteiger partial charge in [0.05, 0.1) is 6.04 Å². The Kier molecular flexibility index (Phi) is 5.14. The normalized spacial score (nSPS) is 17.9. The summed E-state index contributed by atoms with van der Waals surface area (Å²) in [5.41, 5.74) is 3.89. The summed E-state index contributed by atoms with van der Waals surface area (Å²) >= 11 is 6.54. The lowest BCUT2D eigenvalue weighted by Crippen LogP contribution is -2.33. The molecule has 0 bridgehead atoms. The highest BCUT2D eigenvalue weighted by Gasteiger charge is 2.25. The SMILES string of the molecule is Cc1ccccc1C(c1ccccc1Cl)N1CCCNCC1. The van der Waals surface area contributed by atoms with E-state index in [1.54, 1.807) is 0 Å². The monoisotopic (exact) mass is 314 g/mol. The molecule has 2 nitrogen and oxygen atoms in total. The fourth-order valence-electron chi connectivity index (χ4n) is 3.28. The van der Waals surface area contributed by atoms with Gasteiger partial charge in [-0.3, -0.25) is 4.90 Å². The third-order valence-corrected chi connectivity index (χ3v) is 4.77. The van der Waals surface area contributed by atoms with Crippen molar-refractivity contribution in [2.24, 2.45) is 0 Å². The Balaban J connectivity index is 2.06. The number of hydrogen-bond donors (Lipinski definition) is 1. The van der Waals surface area contributed by atoms with Gasteiger partial charge in [0.15, 0.2) is 0 Å². The van der Waals surface area contributed by atoms with Gasteiger partial charge in [0, 0.05) is 24.7 Å². The van der Waals surface area contributed by atoms with Crippen molar-refractivity contribution in [2.45, 2.75) is 19.4 Å². The van der Waals surface area contributed by atoms with Gasteiger partial charge >= 0.3 is 0 Å². The second-order valence-corrected chi connectivity index (χ2v) is 6.33. The number of halogens is 1. The summed E-state index contributed by atoms with van der Waals surface area (Å²) in [5.74, 6) is 0. The Morgan fingerprint density at radius 3 is 2.45 bits per heavy atom. The third-order valence-electron chi connectivity index (χ3n) is 4.42. The number of hydrogen-bond acceptors (Lipinski definition) is 2. The van der Waals surface area contributed by atoms with Crippen molar-refractivity contribution in [1.82, 2.24) is 10.2 Å². The van der Waals surface area contributed by atoms with Crippen molar-refractivity contribution in [3.8, 4) is 0 Å². The van der Waals surface area contributed by atoms with E-state index in [1.165, 1.54) is 23.1 Å². The molecule has 22 heavy (non-hydrogen) atoms. The minimum Gasteiger partial charge on any atom is -0.315 e. The molecule has 116 valence electrons. The first-order valence-corrected chi connectivity index (χ1v) is 8.40. The molecule has 1 aliphatic heterocycles. The minimum atomic E-state index is 0.231. The van der Waals surface area contributed by atoms with Crippen LogP contribution < -0.4 is 5.32 Å². The molecule has 0 saturated carbocycles. The highest BCUT2D eigenvalue weighted by Crippen LogP contribution is 2.35. The van der Waals surface area contributed by atoms with E-state index in [0.29, 0.717) is 0 Å². The highest BCUT2D eigenvalue weighted by molar-refractivity contribution is 6.31. The predicted octanol–water partition coefficient (Wildman–Crippen LogP) is 4.03. The number of benzene rings is 2. The van der Waals surface area contributed by atoms with Gasteiger partial charge in [-0.2, -0.15) is 0 Å². The molecule has 0 amide bonds. The summed E-state index contributed by atoms with van der Waals surface area (Å²) < 4.78 is 0. The van der Waals surface area contributed by atoms with Gasteiger partial charge in [0.1, 0.15) is 0 Å². The molecule has 1 unspecified atom stereocenters. The van der Waals surface area contributed by atoms with Crippen LogP contribution in [-0.2, 0) is 0 Å².